The number of nitrogens with zero attached hydrogens (tertiary/aromatic N) is 3. The third-order valence-electron chi connectivity index (χ3n) is 4.20. The molecule has 1 atom stereocenters. The topological polar surface area (TPSA) is 38.1 Å². The first-order valence-corrected chi connectivity index (χ1v) is 7.39. The van der Waals surface area contributed by atoms with Gasteiger partial charge in [-0.1, -0.05) is 29.3 Å². The molecule has 1 aliphatic rings. The second-order valence-corrected chi connectivity index (χ2v) is 6.02. The molecular weight excluding hydrogens is 262 g/mol. The summed E-state index contributed by atoms with van der Waals surface area (Å²) in [4.78, 5) is 18.6. The molecule has 0 bridgehead atoms. The molecule has 2 aromatic rings. The lowest BCUT2D eigenvalue weighted by Gasteiger charge is -2.17. The highest BCUT2D eigenvalue weighted by Gasteiger charge is 2.26. The highest BCUT2D eigenvalue weighted by molar-refractivity contribution is 5.41. The molecule has 0 N–H and O–H groups in total. The number of rotatable bonds is 2. The zero-order valence-corrected chi connectivity index (χ0v) is 12.8. The molecule has 21 heavy (non-hydrogen) atoms. The zero-order chi connectivity index (χ0) is 15.0. The summed E-state index contributed by atoms with van der Waals surface area (Å²) >= 11 is 0. The molecule has 3 rings (SSSR count). The van der Waals surface area contributed by atoms with Crippen molar-refractivity contribution >= 4 is 5.82 Å². The van der Waals surface area contributed by atoms with Crippen LogP contribution in [-0.2, 0) is 7.05 Å². The molecule has 2 heterocycles. The van der Waals surface area contributed by atoms with Crippen LogP contribution in [0.4, 0.5) is 5.82 Å². The van der Waals surface area contributed by atoms with E-state index in [1.165, 1.54) is 16.7 Å². The van der Waals surface area contributed by atoms with Crippen molar-refractivity contribution in [3.05, 3.63) is 57.6 Å². The molecular formula is C17H21N3O. The fraction of sp³-hybridized carbons (Fsp3) is 0.412. The molecule has 1 fully saturated rings. The Kier molecular flexibility index (Phi) is 3.53. The molecule has 1 aromatic heterocycles. The molecule has 4 heteroatoms. The van der Waals surface area contributed by atoms with E-state index in [-0.39, 0.29) is 5.56 Å². The first-order valence-electron chi connectivity index (χ1n) is 7.39. The SMILES string of the molecule is Cc1cc(C)cc(C2CCN(c3nccn(C)c3=O)C2)c1. The van der Waals surface area contributed by atoms with Crippen LogP contribution in [-0.4, -0.2) is 22.6 Å². The zero-order valence-electron chi connectivity index (χ0n) is 12.8. The van der Waals surface area contributed by atoms with Gasteiger partial charge in [0.15, 0.2) is 5.82 Å². The number of aryl methyl sites for hydroxylation is 3. The average molecular weight is 283 g/mol. The van der Waals surface area contributed by atoms with Gasteiger partial charge < -0.3 is 9.47 Å². The van der Waals surface area contributed by atoms with Gasteiger partial charge in [-0.05, 0) is 25.8 Å². The van der Waals surface area contributed by atoms with Crippen molar-refractivity contribution in [3.63, 3.8) is 0 Å². The van der Waals surface area contributed by atoms with Crippen LogP contribution < -0.4 is 10.5 Å². The average Bonchev–Trinajstić information content (AvgIpc) is 2.90. The van der Waals surface area contributed by atoms with Crippen LogP contribution in [0, 0.1) is 13.8 Å². The Bertz CT molecular complexity index is 700. The van der Waals surface area contributed by atoms with Crippen molar-refractivity contribution in [1.82, 2.24) is 9.55 Å². The van der Waals surface area contributed by atoms with Gasteiger partial charge in [0.2, 0.25) is 0 Å². The molecule has 1 saturated heterocycles. The lowest BCUT2D eigenvalue weighted by Crippen LogP contribution is -2.30. The van der Waals surface area contributed by atoms with Crippen molar-refractivity contribution in [2.75, 3.05) is 18.0 Å². The van der Waals surface area contributed by atoms with Crippen LogP contribution in [0.1, 0.15) is 29.0 Å². The molecule has 1 aliphatic heterocycles. The van der Waals surface area contributed by atoms with E-state index in [1.807, 2.05) is 0 Å². The summed E-state index contributed by atoms with van der Waals surface area (Å²) in [6.07, 6.45) is 4.47. The van der Waals surface area contributed by atoms with Gasteiger partial charge in [0, 0.05) is 38.4 Å². The Morgan fingerprint density at radius 3 is 2.62 bits per heavy atom. The molecule has 0 radical (unpaired) electrons. The molecule has 0 spiro atoms. The minimum absolute atomic E-state index is 0.0152. The maximum absolute atomic E-state index is 12.2. The largest absolute Gasteiger partial charge is 0.351 e. The monoisotopic (exact) mass is 283 g/mol. The van der Waals surface area contributed by atoms with Crippen molar-refractivity contribution < 1.29 is 0 Å². The Hall–Kier alpha value is -2.10. The quantitative estimate of drug-likeness (QED) is 0.849. The summed E-state index contributed by atoms with van der Waals surface area (Å²) in [7, 11) is 1.77. The Morgan fingerprint density at radius 2 is 1.90 bits per heavy atom. The van der Waals surface area contributed by atoms with Gasteiger partial charge in [0.05, 0.1) is 0 Å². The van der Waals surface area contributed by atoms with Crippen LogP contribution in [0.15, 0.2) is 35.4 Å². The van der Waals surface area contributed by atoms with Gasteiger partial charge in [0.25, 0.3) is 5.56 Å². The lowest BCUT2D eigenvalue weighted by atomic mass is 9.95. The molecule has 1 aromatic carbocycles. The van der Waals surface area contributed by atoms with Gasteiger partial charge in [-0.15, -0.1) is 0 Å². The second-order valence-electron chi connectivity index (χ2n) is 6.02. The number of hydrogen-bond acceptors (Lipinski definition) is 3. The normalized spacial score (nSPS) is 18.2. The highest BCUT2D eigenvalue weighted by Crippen LogP contribution is 2.29. The summed E-state index contributed by atoms with van der Waals surface area (Å²) in [6.45, 7) is 6.04. The predicted molar refractivity (Wildman–Crippen MR) is 85.0 cm³/mol. The van der Waals surface area contributed by atoms with Crippen LogP contribution >= 0.6 is 0 Å². The van der Waals surface area contributed by atoms with E-state index in [0.717, 1.165) is 19.5 Å². The van der Waals surface area contributed by atoms with E-state index in [0.29, 0.717) is 11.7 Å². The summed E-state index contributed by atoms with van der Waals surface area (Å²) in [5, 5.41) is 0. The van der Waals surface area contributed by atoms with Crippen molar-refractivity contribution in [3.8, 4) is 0 Å². The van der Waals surface area contributed by atoms with Crippen LogP contribution in [0.2, 0.25) is 0 Å². The number of benzene rings is 1. The fourth-order valence-corrected chi connectivity index (χ4v) is 3.17. The third kappa shape index (κ3) is 2.71. The maximum atomic E-state index is 12.2. The first-order chi connectivity index (χ1) is 10.0. The van der Waals surface area contributed by atoms with E-state index in [9.17, 15) is 4.79 Å². The Balaban J connectivity index is 1.85. The van der Waals surface area contributed by atoms with Gasteiger partial charge in [-0.25, -0.2) is 4.98 Å². The Morgan fingerprint density at radius 1 is 1.19 bits per heavy atom. The van der Waals surface area contributed by atoms with Crippen molar-refractivity contribution in [1.29, 1.82) is 0 Å². The predicted octanol–water partition coefficient (Wildman–Crippen LogP) is 2.39. The molecule has 1 unspecified atom stereocenters. The van der Waals surface area contributed by atoms with Crippen molar-refractivity contribution in [2.45, 2.75) is 26.2 Å². The number of aromatic nitrogens is 2. The summed E-state index contributed by atoms with van der Waals surface area (Å²) in [5.41, 5.74) is 3.97. The van der Waals surface area contributed by atoms with Crippen LogP contribution in [0.5, 0.6) is 0 Å². The number of anilines is 1. The minimum atomic E-state index is -0.0152. The van der Waals surface area contributed by atoms with Gasteiger partial charge in [-0.2, -0.15) is 0 Å². The summed E-state index contributed by atoms with van der Waals surface area (Å²) < 4.78 is 1.59. The van der Waals surface area contributed by atoms with Gasteiger partial charge >= 0.3 is 0 Å². The molecule has 0 amide bonds. The van der Waals surface area contributed by atoms with Gasteiger partial charge in [-0.3, -0.25) is 4.79 Å². The van der Waals surface area contributed by atoms with Crippen molar-refractivity contribution in [2.24, 2.45) is 7.05 Å². The lowest BCUT2D eigenvalue weighted by molar-refractivity contribution is 0.767. The van der Waals surface area contributed by atoms with Gasteiger partial charge in [0.1, 0.15) is 0 Å². The van der Waals surface area contributed by atoms with E-state index >= 15 is 0 Å². The third-order valence-corrected chi connectivity index (χ3v) is 4.20. The van der Waals surface area contributed by atoms with E-state index in [2.05, 4.69) is 41.9 Å². The second kappa shape index (κ2) is 5.35. The molecule has 4 nitrogen and oxygen atoms in total. The maximum Gasteiger partial charge on any atom is 0.293 e. The summed E-state index contributed by atoms with van der Waals surface area (Å²) in [5.74, 6) is 1.06. The highest BCUT2D eigenvalue weighted by atomic mass is 16.1. The molecule has 0 aliphatic carbocycles. The minimum Gasteiger partial charge on any atom is -0.351 e. The first kappa shape index (κ1) is 13.9. The molecule has 110 valence electrons. The molecule has 0 saturated carbocycles. The van der Waals surface area contributed by atoms with E-state index in [4.69, 9.17) is 0 Å². The van der Waals surface area contributed by atoms with E-state index in [1.54, 1.807) is 24.0 Å². The number of hydrogen-bond donors (Lipinski definition) is 0. The fourth-order valence-electron chi connectivity index (χ4n) is 3.17. The summed E-state index contributed by atoms with van der Waals surface area (Å²) in [6, 6.07) is 6.72. The van der Waals surface area contributed by atoms with Crippen LogP contribution in [0.25, 0.3) is 0 Å². The standard InChI is InChI=1S/C17H21N3O/c1-12-8-13(2)10-15(9-12)14-4-6-20(11-14)16-17(21)19(3)7-5-18-16/h5,7-10,14H,4,6,11H2,1-3H3. The Labute approximate surface area is 125 Å². The van der Waals surface area contributed by atoms with Crippen LogP contribution in [0.3, 0.4) is 0 Å². The smallest absolute Gasteiger partial charge is 0.293 e. The van der Waals surface area contributed by atoms with E-state index < -0.39 is 0 Å².